The maximum absolute atomic E-state index is 6.48. The normalized spacial score (nSPS) is 34.6. The number of unbranched alkanes of at least 4 members (excludes halogenated alkanes) is 1. The monoisotopic (exact) mass is 272 g/mol. The van der Waals surface area contributed by atoms with Crippen LogP contribution < -0.4 is 0 Å². The fourth-order valence-corrected chi connectivity index (χ4v) is 9.37. The zero-order chi connectivity index (χ0) is 12.5. The first-order valence-corrected chi connectivity index (χ1v) is 14.3. The van der Waals surface area contributed by atoms with Gasteiger partial charge in [0.05, 0.1) is 20.3 Å². The van der Waals surface area contributed by atoms with E-state index in [1.807, 2.05) is 0 Å². The maximum Gasteiger partial charge on any atom is 0.174 e. The number of epoxide rings is 1. The molecular formula is C13H28O2Si2. The van der Waals surface area contributed by atoms with E-state index >= 15 is 0 Å². The smallest absolute Gasteiger partial charge is 0.174 e. The van der Waals surface area contributed by atoms with Crippen molar-refractivity contribution in [2.75, 3.05) is 6.61 Å². The van der Waals surface area contributed by atoms with Crippen LogP contribution in [0.4, 0.5) is 0 Å². The summed E-state index contributed by atoms with van der Waals surface area (Å²) in [5.74, 6) is 0. The van der Waals surface area contributed by atoms with Crippen molar-refractivity contribution >= 4 is 15.4 Å². The Labute approximate surface area is 108 Å². The zero-order valence-corrected chi connectivity index (χ0v) is 13.9. The second-order valence-electron chi connectivity index (χ2n) is 6.91. The molecule has 2 atom stereocenters. The average molecular weight is 273 g/mol. The lowest BCUT2D eigenvalue weighted by Crippen LogP contribution is -2.61. The van der Waals surface area contributed by atoms with Crippen molar-refractivity contribution in [1.82, 2.24) is 0 Å². The molecule has 0 bridgehead atoms. The fourth-order valence-electron chi connectivity index (χ4n) is 2.64. The zero-order valence-electron chi connectivity index (χ0n) is 11.9. The van der Waals surface area contributed by atoms with Crippen LogP contribution in [0.25, 0.3) is 0 Å². The molecule has 0 aromatic heterocycles. The van der Waals surface area contributed by atoms with Gasteiger partial charge in [-0.3, -0.25) is 0 Å². The summed E-state index contributed by atoms with van der Waals surface area (Å²) in [6.07, 6.45) is 7.73. The van der Waals surface area contributed by atoms with Gasteiger partial charge in [0, 0.05) is 6.10 Å². The Balaban J connectivity index is 1.68. The van der Waals surface area contributed by atoms with E-state index in [0.717, 1.165) is 6.61 Å². The van der Waals surface area contributed by atoms with Gasteiger partial charge in [-0.2, -0.15) is 0 Å². The van der Waals surface area contributed by atoms with Gasteiger partial charge in [0.25, 0.3) is 0 Å². The van der Waals surface area contributed by atoms with Crippen molar-refractivity contribution in [2.45, 2.75) is 76.5 Å². The highest BCUT2D eigenvalue weighted by Crippen LogP contribution is 2.35. The van der Waals surface area contributed by atoms with Crippen LogP contribution in [0.2, 0.25) is 32.2 Å². The molecule has 100 valence electrons. The average Bonchev–Trinajstić information content (AvgIpc) is 3.02. The Morgan fingerprint density at radius 3 is 2.12 bits per heavy atom. The summed E-state index contributed by atoms with van der Waals surface area (Å²) in [7, 11) is -2.36. The van der Waals surface area contributed by atoms with Crippen molar-refractivity contribution in [3.8, 4) is 0 Å². The lowest BCUT2D eigenvalue weighted by Gasteiger charge is -2.45. The molecule has 0 spiro atoms. The van der Waals surface area contributed by atoms with E-state index in [2.05, 4.69) is 26.2 Å². The fraction of sp³-hybridized carbons (Fsp3) is 1.00. The van der Waals surface area contributed by atoms with E-state index < -0.39 is 15.4 Å². The van der Waals surface area contributed by atoms with Gasteiger partial charge in [0.15, 0.2) is 7.83 Å². The van der Waals surface area contributed by atoms with Crippen LogP contribution >= 0.6 is 0 Å². The summed E-state index contributed by atoms with van der Waals surface area (Å²) in [4.78, 5) is 0. The molecule has 2 aliphatic rings. The van der Waals surface area contributed by atoms with Crippen LogP contribution in [-0.4, -0.2) is 34.2 Å². The van der Waals surface area contributed by atoms with Gasteiger partial charge < -0.3 is 9.16 Å². The Morgan fingerprint density at radius 2 is 1.59 bits per heavy atom. The van der Waals surface area contributed by atoms with Gasteiger partial charge in [-0.1, -0.05) is 32.0 Å². The molecule has 2 aliphatic heterocycles. The summed E-state index contributed by atoms with van der Waals surface area (Å²) < 4.78 is 11.7. The minimum absolute atomic E-state index is 0.581. The molecule has 0 N–H and O–H groups in total. The highest BCUT2D eigenvalue weighted by molar-refractivity contribution is 7.38. The molecule has 17 heavy (non-hydrogen) atoms. The number of hydrogen-bond donors (Lipinski definition) is 0. The Hall–Kier alpha value is 0.354. The van der Waals surface area contributed by atoms with Gasteiger partial charge in [-0.15, -0.1) is 0 Å². The van der Waals surface area contributed by atoms with Crippen LogP contribution in [0.15, 0.2) is 0 Å². The third-order valence-corrected chi connectivity index (χ3v) is 21.5. The van der Waals surface area contributed by atoms with Crippen molar-refractivity contribution in [1.29, 1.82) is 0 Å². The molecule has 2 fully saturated rings. The number of rotatable bonds is 5. The number of ether oxygens (including phenoxy) is 1. The standard InChI is InChI=1S/C13H28O2Si2/c1-16(2)10-9-12(15-17(16,3)4)7-5-6-8-13-11-14-13/h12-13H,5-11H2,1-4H3. The van der Waals surface area contributed by atoms with Crippen LogP contribution in [0.1, 0.15) is 32.1 Å². The summed E-state index contributed by atoms with van der Waals surface area (Å²) in [5.41, 5.74) is 0. The molecule has 0 saturated carbocycles. The third-order valence-electron chi connectivity index (χ3n) is 4.89. The highest BCUT2D eigenvalue weighted by atomic mass is 29.3. The summed E-state index contributed by atoms with van der Waals surface area (Å²) in [5, 5.41) is 0. The predicted octanol–water partition coefficient (Wildman–Crippen LogP) is 3.73. The van der Waals surface area contributed by atoms with Gasteiger partial charge in [-0.25, -0.2) is 0 Å². The molecule has 0 aliphatic carbocycles. The molecule has 0 aromatic rings. The minimum atomic E-state index is -1.34. The van der Waals surface area contributed by atoms with Crippen molar-refractivity contribution < 1.29 is 9.16 Å². The molecule has 0 aromatic carbocycles. The molecule has 0 radical (unpaired) electrons. The molecule has 2 nitrogen and oxygen atoms in total. The quantitative estimate of drug-likeness (QED) is 0.432. The van der Waals surface area contributed by atoms with Crippen molar-refractivity contribution in [3.63, 3.8) is 0 Å². The van der Waals surface area contributed by atoms with E-state index in [1.54, 1.807) is 0 Å². The molecule has 2 rings (SSSR count). The largest absolute Gasteiger partial charge is 0.417 e. The summed E-state index contributed by atoms with van der Waals surface area (Å²) in [6, 6.07) is 1.49. The molecule has 2 saturated heterocycles. The second-order valence-corrected chi connectivity index (χ2v) is 22.1. The van der Waals surface area contributed by atoms with E-state index in [0.29, 0.717) is 12.2 Å². The van der Waals surface area contributed by atoms with E-state index in [9.17, 15) is 0 Å². The van der Waals surface area contributed by atoms with Crippen LogP contribution in [0, 0.1) is 0 Å². The topological polar surface area (TPSA) is 21.8 Å². The molecule has 0 amide bonds. The molecule has 2 unspecified atom stereocenters. The van der Waals surface area contributed by atoms with Gasteiger partial charge in [0.2, 0.25) is 0 Å². The SMILES string of the molecule is C[Si]1(C)CCC(CCCCC2CO2)O[Si]1(C)C. The maximum atomic E-state index is 6.48. The second kappa shape index (κ2) is 5.15. The summed E-state index contributed by atoms with van der Waals surface area (Å²) >= 11 is 0. The van der Waals surface area contributed by atoms with E-state index in [-0.39, 0.29) is 0 Å². The van der Waals surface area contributed by atoms with Crippen molar-refractivity contribution in [2.24, 2.45) is 0 Å². The Kier molecular flexibility index (Phi) is 4.18. The van der Waals surface area contributed by atoms with E-state index in [4.69, 9.17) is 9.16 Å². The lowest BCUT2D eigenvalue weighted by atomic mass is 10.1. The Morgan fingerprint density at radius 1 is 1.00 bits per heavy atom. The molecule has 4 heteroatoms. The molecular weight excluding hydrogens is 244 g/mol. The first kappa shape index (κ1) is 13.8. The third kappa shape index (κ3) is 3.66. The van der Waals surface area contributed by atoms with Gasteiger partial charge in [0.1, 0.15) is 0 Å². The van der Waals surface area contributed by atoms with Crippen molar-refractivity contribution in [3.05, 3.63) is 0 Å². The minimum Gasteiger partial charge on any atom is -0.417 e. The van der Waals surface area contributed by atoms with E-state index in [1.165, 1.54) is 38.1 Å². The first-order valence-electron chi connectivity index (χ1n) is 7.20. The Bertz CT molecular complexity index is 262. The lowest BCUT2D eigenvalue weighted by molar-refractivity contribution is 0.171. The highest BCUT2D eigenvalue weighted by Gasteiger charge is 2.47. The van der Waals surface area contributed by atoms with Gasteiger partial charge >= 0.3 is 0 Å². The predicted molar refractivity (Wildman–Crippen MR) is 77.5 cm³/mol. The van der Waals surface area contributed by atoms with Gasteiger partial charge in [-0.05, 0) is 32.4 Å². The number of hydrogen-bond acceptors (Lipinski definition) is 2. The van der Waals surface area contributed by atoms with Crippen LogP contribution in [0.5, 0.6) is 0 Å². The van der Waals surface area contributed by atoms with Crippen LogP contribution in [0.3, 0.4) is 0 Å². The molecule has 2 heterocycles. The summed E-state index contributed by atoms with van der Waals surface area (Å²) in [6.45, 7) is 11.0. The van der Waals surface area contributed by atoms with Crippen LogP contribution in [-0.2, 0) is 9.16 Å². The first-order chi connectivity index (χ1) is 7.91.